The monoisotopic (exact) mass is 593 g/mol. The molecule has 0 saturated carbocycles. The largest absolute Gasteiger partial charge is 0.497 e. The van der Waals surface area contributed by atoms with Crippen molar-refractivity contribution in [2.45, 2.75) is 24.7 Å². The lowest BCUT2D eigenvalue weighted by molar-refractivity contribution is -0.288. The Bertz CT molecular complexity index is 1600. The molecule has 0 fully saturated rings. The molecule has 0 saturated heterocycles. The lowest BCUT2D eigenvalue weighted by Crippen LogP contribution is -2.54. The summed E-state index contributed by atoms with van der Waals surface area (Å²) in [4.78, 5) is 0. The molecule has 0 aliphatic carbocycles. The van der Waals surface area contributed by atoms with E-state index in [-0.39, 0.29) is 17.1 Å². The molecule has 0 atom stereocenters. The number of halogens is 8. The number of nitrogens with zero attached hydrogens (tertiary/aromatic N) is 1. The summed E-state index contributed by atoms with van der Waals surface area (Å²) in [6.45, 7) is 1.18. The van der Waals surface area contributed by atoms with Gasteiger partial charge in [-0.2, -0.15) is 31.6 Å². The summed E-state index contributed by atoms with van der Waals surface area (Å²) in [5, 5.41) is 9.27. The van der Waals surface area contributed by atoms with Crippen LogP contribution in [0.3, 0.4) is 0 Å². The van der Waals surface area contributed by atoms with Gasteiger partial charge in [0.05, 0.1) is 7.11 Å². The fourth-order valence-corrected chi connectivity index (χ4v) is 4.40. The van der Waals surface area contributed by atoms with Crippen molar-refractivity contribution in [1.82, 2.24) is 0 Å². The van der Waals surface area contributed by atoms with Crippen LogP contribution in [0.5, 0.6) is 28.7 Å². The number of nitriles is 1. The third-order valence-electron chi connectivity index (χ3n) is 6.47. The molecule has 0 bridgehead atoms. The Morgan fingerprint density at radius 2 is 1.07 bits per heavy atom. The highest BCUT2D eigenvalue weighted by Gasteiger charge is 2.72. The summed E-state index contributed by atoms with van der Waals surface area (Å²) < 4.78 is 133. The standard InChI is InChI=1S/C30H19F8NO3/c1-17-24(31)23(16-39)25(32)27(26(17)41-21-6-4-3-5-7-21)42-22-14-10-19(11-15-22)28(29(33,34)35,30(36,37)38)18-8-12-20(40-2)13-9-18/h3-15H,1-2H3. The van der Waals surface area contributed by atoms with Gasteiger partial charge in [0.15, 0.2) is 17.4 Å². The van der Waals surface area contributed by atoms with Gasteiger partial charge < -0.3 is 14.2 Å². The summed E-state index contributed by atoms with van der Waals surface area (Å²) >= 11 is 0. The zero-order valence-electron chi connectivity index (χ0n) is 21.7. The fraction of sp³-hybridized carbons (Fsp3) is 0.167. The van der Waals surface area contributed by atoms with E-state index in [2.05, 4.69) is 0 Å². The van der Waals surface area contributed by atoms with Crippen LogP contribution in [0.4, 0.5) is 35.1 Å². The topological polar surface area (TPSA) is 51.5 Å². The number of alkyl halides is 6. The summed E-state index contributed by atoms with van der Waals surface area (Å²) in [6, 6.07) is 14.9. The van der Waals surface area contributed by atoms with Crippen molar-refractivity contribution >= 4 is 0 Å². The fourth-order valence-electron chi connectivity index (χ4n) is 4.40. The van der Waals surface area contributed by atoms with E-state index in [0.29, 0.717) is 24.3 Å². The molecule has 4 rings (SSSR count). The molecule has 0 unspecified atom stereocenters. The molecular formula is C30H19F8NO3. The second kappa shape index (κ2) is 11.2. The van der Waals surface area contributed by atoms with Crippen LogP contribution in [0.15, 0.2) is 78.9 Å². The lowest BCUT2D eigenvalue weighted by Gasteiger charge is -2.38. The van der Waals surface area contributed by atoms with Crippen LogP contribution >= 0.6 is 0 Å². The highest BCUT2D eigenvalue weighted by molar-refractivity contribution is 5.57. The third-order valence-corrected chi connectivity index (χ3v) is 6.47. The van der Waals surface area contributed by atoms with Crippen molar-refractivity contribution in [3.05, 3.63) is 113 Å². The van der Waals surface area contributed by atoms with E-state index in [1.165, 1.54) is 32.2 Å². The molecule has 12 heteroatoms. The van der Waals surface area contributed by atoms with E-state index in [1.54, 1.807) is 18.2 Å². The van der Waals surface area contributed by atoms with E-state index in [9.17, 15) is 36.0 Å². The van der Waals surface area contributed by atoms with Gasteiger partial charge in [-0.1, -0.05) is 42.5 Å². The maximum absolute atomic E-state index is 15.3. The zero-order valence-corrected chi connectivity index (χ0v) is 21.7. The third kappa shape index (κ3) is 5.18. The first-order valence-corrected chi connectivity index (χ1v) is 12.0. The first kappa shape index (κ1) is 30.2. The Labute approximate surface area is 234 Å². The van der Waals surface area contributed by atoms with Crippen LogP contribution < -0.4 is 14.2 Å². The minimum Gasteiger partial charge on any atom is -0.497 e. The number of ether oxygens (including phenoxy) is 3. The minimum atomic E-state index is -5.85. The molecule has 0 aliphatic rings. The Kier molecular flexibility index (Phi) is 8.07. The van der Waals surface area contributed by atoms with Crippen molar-refractivity contribution in [2.75, 3.05) is 7.11 Å². The molecule has 0 aliphatic heterocycles. The predicted octanol–water partition coefficient (Wildman–Crippen LogP) is 9.15. The molecule has 0 radical (unpaired) electrons. The average Bonchev–Trinajstić information content (AvgIpc) is 2.94. The molecule has 0 heterocycles. The normalized spacial score (nSPS) is 12.0. The molecule has 42 heavy (non-hydrogen) atoms. The smallest absolute Gasteiger partial charge is 0.411 e. The van der Waals surface area contributed by atoms with E-state index in [4.69, 9.17) is 14.2 Å². The number of para-hydroxylation sites is 1. The van der Waals surface area contributed by atoms with Gasteiger partial charge in [-0.3, -0.25) is 0 Å². The highest BCUT2D eigenvalue weighted by Crippen LogP contribution is 2.56. The predicted molar refractivity (Wildman–Crippen MR) is 135 cm³/mol. The molecular weight excluding hydrogens is 574 g/mol. The van der Waals surface area contributed by atoms with Gasteiger partial charge in [-0.05, 0) is 54.4 Å². The number of hydrogen-bond donors (Lipinski definition) is 0. The van der Waals surface area contributed by atoms with E-state index < -0.39 is 63.3 Å². The summed E-state index contributed by atoms with van der Waals surface area (Å²) in [5.41, 5.74) is -8.11. The lowest BCUT2D eigenvalue weighted by atomic mass is 9.73. The second-order valence-corrected chi connectivity index (χ2v) is 8.91. The van der Waals surface area contributed by atoms with Crippen LogP contribution in [0.25, 0.3) is 0 Å². The Balaban J connectivity index is 1.84. The van der Waals surface area contributed by atoms with Crippen LogP contribution in [0, 0.1) is 29.9 Å². The van der Waals surface area contributed by atoms with Crippen molar-refractivity contribution in [3.63, 3.8) is 0 Å². The van der Waals surface area contributed by atoms with Crippen molar-refractivity contribution in [2.24, 2.45) is 0 Å². The molecule has 218 valence electrons. The summed E-state index contributed by atoms with van der Waals surface area (Å²) in [5.74, 6) is -4.24. The van der Waals surface area contributed by atoms with Gasteiger partial charge >= 0.3 is 12.4 Å². The van der Waals surface area contributed by atoms with Crippen LogP contribution in [0.1, 0.15) is 22.3 Å². The number of methoxy groups -OCH3 is 1. The maximum atomic E-state index is 15.3. The average molecular weight is 593 g/mol. The van der Waals surface area contributed by atoms with Gasteiger partial charge in [0.25, 0.3) is 0 Å². The van der Waals surface area contributed by atoms with Gasteiger partial charge in [0, 0.05) is 5.56 Å². The molecule has 0 aromatic heterocycles. The molecule has 4 nitrogen and oxygen atoms in total. The summed E-state index contributed by atoms with van der Waals surface area (Å²) in [6.07, 6.45) is -11.7. The van der Waals surface area contributed by atoms with E-state index in [1.807, 2.05) is 0 Å². The molecule has 4 aromatic rings. The summed E-state index contributed by atoms with van der Waals surface area (Å²) in [7, 11) is 1.20. The van der Waals surface area contributed by atoms with E-state index in [0.717, 1.165) is 24.3 Å². The Hall–Kier alpha value is -4.79. The van der Waals surface area contributed by atoms with Crippen molar-refractivity contribution in [3.8, 4) is 34.8 Å². The second-order valence-electron chi connectivity index (χ2n) is 8.91. The van der Waals surface area contributed by atoms with E-state index >= 15 is 4.39 Å². The quantitative estimate of drug-likeness (QED) is 0.201. The molecule has 0 spiro atoms. The van der Waals surface area contributed by atoms with Crippen molar-refractivity contribution in [1.29, 1.82) is 5.26 Å². The van der Waals surface area contributed by atoms with Crippen LogP contribution in [-0.4, -0.2) is 19.5 Å². The highest BCUT2D eigenvalue weighted by atomic mass is 19.4. The van der Waals surface area contributed by atoms with Gasteiger partial charge in [-0.15, -0.1) is 0 Å². The zero-order chi connectivity index (χ0) is 30.9. The van der Waals surface area contributed by atoms with Gasteiger partial charge in [-0.25, -0.2) is 8.78 Å². The Morgan fingerprint density at radius 1 is 0.619 bits per heavy atom. The van der Waals surface area contributed by atoms with Gasteiger partial charge in [0.1, 0.15) is 28.9 Å². The maximum Gasteiger partial charge on any atom is 0.411 e. The first-order chi connectivity index (χ1) is 19.8. The SMILES string of the molecule is COc1ccc(C(c2ccc(Oc3c(F)c(C#N)c(F)c(C)c3Oc3ccccc3)cc2)(C(F)(F)F)C(F)(F)F)cc1. The van der Waals surface area contributed by atoms with Gasteiger partial charge in [0.2, 0.25) is 11.2 Å². The molecule has 0 amide bonds. The number of benzene rings is 4. The number of rotatable bonds is 7. The Morgan fingerprint density at radius 3 is 1.52 bits per heavy atom. The first-order valence-electron chi connectivity index (χ1n) is 12.0. The molecule has 4 aromatic carbocycles. The van der Waals surface area contributed by atoms with Crippen LogP contribution in [0.2, 0.25) is 0 Å². The van der Waals surface area contributed by atoms with Crippen LogP contribution in [-0.2, 0) is 5.41 Å². The minimum absolute atomic E-state index is 0.0441. The molecule has 0 N–H and O–H groups in total. The van der Waals surface area contributed by atoms with Crippen molar-refractivity contribution < 1.29 is 49.3 Å². The number of hydrogen-bond acceptors (Lipinski definition) is 4.